The third kappa shape index (κ3) is 3.46. The van der Waals surface area contributed by atoms with Gasteiger partial charge in [0.1, 0.15) is 0 Å². The summed E-state index contributed by atoms with van der Waals surface area (Å²) < 4.78 is 0. The Balaban J connectivity index is 2.48. The van der Waals surface area contributed by atoms with Gasteiger partial charge in [0.2, 0.25) is 5.91 Å². The van der Waals surface area contributed by atoms with Crippen LogP contribution in [0.3, 0.4) is 0 Å². The van der Waals surface area contributed by atoms with Crippen molar-refractivity contribution in [2.45, 2.75) is 37.6 Å². The molecule has 0 aliphatic heterocycles. The summed E-state index contributed by atoms with van der Waals surface area (Å²) in [6.45, 7) is 1.64. The van der Waals surface area contributed by atoms with Crippen LogP contribution < -0.4 is 5.73 Å². The zero-order chi connectivity index (χ0) is 12.2. The minimum atomic E-state index is -0.584. The second kappa shape index (κ2) is 5.64. The van der Waals surface area contributed by atoms with Gasteiger partial charge < -0.3 is 15.5 Å². The molecule has 0 aromatic rings. The SMILES string of the molecule is CN(C)CCN(C)C(=O)C1(N)CCCCC1. The van der Waals surface area contributed by atoms with Gasteiger partial charge in [-0.3, -0.25) is 4.79 Å². The molecule has 0 spiro atoms. The molecule has 4 nitrogen and oxygen atoms in total. The Kier molecular flexibility index (Phi) is 4.74. The number of rotatable bonds is 4. The van der Waals surface area contributed by atoms with E-state index in [1.165, 1.54) is 6.42 Å². The summed E-state index contributed by atoms with van der Waals surface area (Å²) in [6, 6.07) is 0. The molecule has 0 unspecified atom stereocenters. The van der Waals surface area contributed by atoms with Gasteiger partial charge >= 0.3 is 0 Å². The van der Waals surface area contributed by atoms with Gasteiger partial charge in [-0.2, -0.15) is 0 Å². The van der Waals surface area contributed by atoms with E-state index in [9.17, 15) is 4.79 Å². The van der Waals surface area contributed by atoms with Crippen molar-refractivity contribution in [3.8, 4) is 0 Å². The van der Waals surface area contributed by atoms with Crippen molar-refractivity contribution in [1.82, 2.24) is 9.80 Å². The molecule has 0 heterocycles. The van der Waals surface area contributed by atoms with Crippen LogP contribution in [-0.2, 0) is 4.79 Å². The molecule has 4 heteroatoms. The highest BCUT2D eigenvalue weighted by Gasteiger charge is 2.36. The fourth-order valence-electron chi connectivity index (χ4n) is 2.23. The molecule has 0 saturated heterocycles. The topological polar surface area (TPSA) is 49.6 Å². The first-order valence-corrected chi connectivity index (χ1v) is 6.15. The summed E-state index contributed by atoms with van der Waals surface area (Å²) in [5, 5.41) is 0. The van der Waals surface area contributed by atoms with Crippen LogP contribution in [0.25, 0.3) is 0 Å². The quantitative estimate of drug-likeness (QED) is 0.768. The lowest BCUT2D eigenvalue weighted by Gasteiger charge is -2.35. The molecule has 2 N–H and O–H groups in total. The fourth-order valence-corrected chi connectivity index (χ4v) is 2.23. The number of amides is 1. The van der Waals surface area contributed by atoms with Gasteiger partial charge in [0.25, 0.3) is 0 Å². The van der Waals surface area contributed by atoms with Crippen LogP contribution in [0.4, 0.5) is 0 Å². The molecule has 0 atom stereocenters. The van der Waals surface area contributed by atoms with Gasteiger partial charge in [-0.25, -0.2) is 0 Å². The van der Waals surface area contributed by atoms with E-state index in [0.717, 1.165) is 38.8 Å². The third-order valence-electron chi connectivity index (χ3n) is 3.40. The highest BCUT2D eigenvalue weighted by molar-refractivity contribution is 5.86. The summed E-state index contributed by atoms with van der Waals surface area (Å²) >= 11 is 0. The molecule has 1 aliphatic rings. The van der Waals surface area contributed by atoms with Crippen molar-refractivity contribution in [3.63, 3.8) is 0 Å². The van der Waals surface area contributed by atoms with Crippen molar-refractivity contribution in [3.05, 3.63) is 0 Å². The highest BCUT2D eigenvalue weighted by Crippen LogP contribution is 2.27. The van der Waals surface area contributed by atoms with E-state index in [1.54, 1.807) is 4.90 Å². The van der Waals surface area contributed by atoms with Crippen molar-refractivity contribution in [2.75, 3.05) is 34.2 Å². The third-order valence-corrected chi connectivity index (χ3v) is 3.40. The second-order valence-electron chi connectivity index (χ2n) is 5.25. The first kappa shape index (κ1) is 13.5. The Morgan fingerprint density at radius 3 is 2.19 bits per heavy atom. The average Bonchev–Trinajstić information content (AvgIpc) is 2.25. The smallest absolute Gasteiger partial charge is 0.242 e. The molecule has 1 fully saturated rings. The van der Waals surface area contributed by atoms with E-state index in [2.05, 4.69) is 4.90 Å². The van der Waals surface area contributed by atoms with Gasteiger partial charge in [-0.05, 0) is 26.9 Å². The van der Waals surface area contributed by atoms with Crippen molar-refractivity contribution in [1.29, 1.82) is 0 Å². The van der Waals surface area contributed by atoms with Crippen LogP contribution >= 0.6 is 0 Å². The van der Waals surface area contributed by atoms with Gasteiger partial charge in [0.05, 0.1) is 5.54 Å². The van der Waals surface area contributed by atoms with E-state index in [4.69, 9.17) is 5.73 Å². The zero-order valence-electron chi connectivity index (χ0n) is 10.8. The minimum Gasteiger partial charge on any atom is -0.343 e. The van der Waals surface area contributed by atoms with Gasteiger partial charge in [-0.15, -0.1) is 0 Å². The molecule has 0 aromatic carbocycles. The summed E-state index contributed by atoms with van der Waals surface area (Å²) in [5.74, 6) is 0.119. The van der Waals surface area contributed by atoms with Crippen LogP contribution in [0.2, 0.25) is 0 Å². The Morgan fingerprint density at radius 1 is 1.12 bits per heavy atom. The molecule has 1 saturated carbocycles. The van der Waals surface area contributed by atoms with Gasteiger partial charge in [0, 0.05) is 20.1 Å². The van der Waals surface area contributed by atoms with Crippen LogP contribution in [0.5, 0.6) is 0 Å². The number of nitrogens with zero attached hydrogens (tertiary/aromatic N) is 2. The molecular formula is C12H25N3O. The molecule has 0 radical (unpaired) electrons. The summed E-state index contributed by atoms with van der Waals surface area (Å²) in [5.41, 5.74) is 5.62. The maximum Gasteiger partial charge on any atom is 0.242 e. The largest absolute Gasteiger partial charge is 0.343 e. The molecule has 0 aromatic heterocycles. The van der Waals surface area contributed by atoms with E-state index in [-0.39, 0.29) is 5.91 Å². The van der Waals surface area contributed by atoms with Crippen LogP contribution in [0, 0.1) is 0 Å². The maximum atomic E-state index is 12.2. The van der Waals surface area contributed by atoms with Crippen LogP contribution in [-0.4, -0.2) is 55.5 Å². The summed E-state index contributed by atoms with van der Waals surface area (Å²) in [7, 11) is 5.88. The van der Waals surface area contributed by atoms with Crippen molar-refractivity contribution in [2.24, 2.45) is 5.73 Å². The van der Waals surface area contributed by atoms with Crippen molar-refractivity contribution >= 4 is 5.91 Å². The number of carbonyl (C=O) groups is 1. The Labute approximate surface area is 98.8 Å². The molecule has 16 heavy (non-hydrogen) atoms. The summed E-state index contributed by atoms with van der Waals surface area (Å²) in [6.07, 6.45) is 5.08. The van der Waals surface area contributed by atoms with E-state index in [0.29, 0.717) is 0 Å². The second-order valence-corrected chi connectivity index (χ2v) is 5.25. The molecule has 1 rings (SSSR count). The number of carbonyl (C=O) groups excluding carboxylic acids is 1. The zero-order valence-corrected chi connectivity index (χ0v) is 10.8. The Bertz CT molecular complexity index is 234. The summed E-state index contributed by atoms with van der Waals surface area (Å²) in [4.78, 5) is 16.1. The lowest BCUT2D eigenvalue weighted by molar-refractivity contribution is -0.137. The van der Waals surface area contributed by atoms with E-state index < -0.39 is 5.54 Å². The monoisotopic (exact) mass is 227 g/mol. The molecule has 94 valence electrons. The first-order valence-electron chi connectivity index (χ1n) is 6.15. The van der Waals surface area contributed by atoms with Gasteiger partial charge in [0.15, 0.2) is 0 Å². The number of likely N-dealkylation sites (N-methyl/N-ethyl adjacent to an activating group) is 2. The molecule has 1 amide bonds. The Hall–Kier alpha value is -0.610. The number of hydrogen-bond donors (Lipinski definition) is 1. The van der Waals surface area contributed by atoms with Gasteiger partial charge in [-0.1, -0.05) is 19.3 Å². The van der Waals surface area contributed by atoms with Crippen molar-refractivity contribution < 1.29 is 4.79 Å². The number of nitrogens with two attached hydrogens (primary N) is 1. The van der Waals surface area contributed by atoms with Crippen LogP contribution in [0.1, 0.15) is 32.1 Å². The standard InChI is InChI=1S/C12H25N3O/c1-14(2)9-10-15(3)11(16)12(13)7-5-4-6-8-12/h4-10,13H2,1-3H3. The molecule has 1 aliphatic carbocycles. The highest BCUT2D eigenvalue weighted by atomic mass is 16.2. The average molecular weight is 227 g/mol. The fraction of sp³-hybridized carbons (Fsp3) is 0.917. The Morgan fingerprint density at radius 2 is 1.69 bits per heavy atom. The normalized spacial score (nSPS) is 19.8. The predicted octanol–water partition coefficient (Wildman–Crippen LogP) is 0.668. The first-order chi connectivity index (χ1) is 7.46. The minimum absolute atomic E-state index is 0.119. The number of hydrogen-bond acceptors (Lipinski definition) is 3. The molecular weight excluding hydrogens is 202 g/mol. The van der Waals surface area contributed by atoms with E-state index >= 15 is 0 Å². The molecule has 0 bridgehead atoms. The lowest BCUT2D eigenvalue weighted by Crippen LogP contribution is -2.56. The lowest BCUT2D eigenvalue weighted by atomic mass is 9.81. The maximum absolute atomic E-state index is 12.2. The van der Waals surface area contributed by atoms with Crippen LogP contribution in [0.15, 0.2) is 0 Å². The van der Waals surface area contributed by atoms with E-state index in [1.807, 2.05) is 21.1 Å². The predicted molar refractivity (Wildman–Crippen MR) is 66.2 cm³/mol.